The molecule has 2 rings (SSSR count). The summed E-state index contributed by atoms with van der Waals surface area (Å²) in [6.45, 7) is 6.64. The highest BCUT2D eigenvalue weighted by Gasteiger charge is 2.26. The maximum Gasteiger partial charge on any atom is 0.250 e. The van der Waals surface area contributed by atoms with Crippen LogP contribution in [0.4, 0.5) is 4.39 Å². The lowest BCUT2D eigenvalue weighted by Gasteiger charge is -2.36. The van der Waals surface area contributed by atoms with Gasteiger partial charge in [-0.25, -0.2) is 4.39 Å². The van der Waals surface area contributed by atoms with Gasteiger partial charge in [0.1, 0.15) is 5.82 Å². The fourth-order valence-electron chi connectivity index (χ4n) is 2.47. The van der Waals surface area contributed by atoms with Gasteiger partial charge in [0.25, 0.3) is 5.56 Å². The minimum atomic E-state index is -0.368. The van der Waals surface area contributed by atoms with E-state index >= 15 is 0 Å². The number of pyridine rings is 1. The molecule has 4 nitrogen and oxygen atoms in total. The maximum absolute atomic E-state index is 13.1. The van der Waals surface area contributed by atoms with Crippen LogP contribution in [0, 0.1) is 5.82 Å². The summed E-state index contributed by atoms with van der Waals surface area (Å²) in [5.41, 5.74) is 0.385. The Hall–Kier alpha value is -2.43. The lowest BCUT2D eigenvalue weighted by molar-refractivity contribution is -0.137. The maximum atomic E-state index is 13.1. The molecule has 0 fully saturated rings. The van der Waals surface area contributed by atoms with E-state index in [2.05, 4.69) is 0 Å². The quantitative estimate of drug-likeness (QED) is 0.845. The first kappa shape index (κ1) is 17.9. The zero-order valence-corrected chi connectivity index (χ0v) is 14.3. The molecule has 0 saturated carbocycles. The number of carbonyl (C=O) groups is 1. The fourth-order valence-corrected chi connectivity index (χ4v) is 2.47. The highest BCUT2D eigenvalue weighted by atomic mass is 19.1. The van der Waals surface area contributed by atoms with E-state index in [0.717, 1.165) is 5.56 Å². The largest absolute Gasteiger partial charge is 0.333 e. The van der Waals surface area contributed by atoms with E-state index < -0.39 is 0 Å². The number of hydrogen-bond donors (Lipinski definition) is 0. The van der Waals surface area contributed by atoms with Crippen molar-refractivity contribution in [3.8, 4) is 0 Å². The molecular weight excluding hydrogens is 307 g/mol. The van der Waals surface area contributed by atoms with Gasteiger partial charge in [-0.3, -0.25) is 9.59 Å². The van der Waals surface area contributed by atoms with Crippen molar-refractivity contribution in [2.24, 2.45) is 0 Å². The molecule has 128 valence electrons. The van der Waals surface area contributed by atoms with Crippen molar-refractivity contribution < 1.29 is 9.18 Å². The Morgan fingerprint density at radius 3 is 2.38 bits per heavy atom. The predicted molar refractivity (Wildman–Crippen MR) is 92.0 cm³/mol. The molecule has 0 spiro atoms. The van der Waals surface area contributed by atoms with Crippen LogP contribution in [0.1, 0.15) is 32.8 Å². The van der Waals surface area contributed by atoms with Gasteiger partial charge in [0.15, 0.2) is 0 Å². The molecule has 0 saturated heterocycles. The van der Waals surface area contributed by atoms with Crippen LogP contribution in [0.5, 0.6) is 0 Å². The Bertz CT molecular complexity index is 745. The van der Waals surface area contributed by atoms with Crippen molar-refractivity contribution in [2.45, 2.75) is 45.8 Å². The summed E-state index contributed by atoms with van der Waals surface area (Å²) in [7, 11) is 0. The third kappa shape index (κ3) is 4.78. The highest BCUT2D eigenvalue weighted by Crippen LogP contribution is 2.19. The van der Waals surface area contributed by atoms with Gasteiger partial charge < -0.3 is 9.47 Å². The number of nitrogens with zero attached hydrogens (tertiary/aromatic N) is 2. The topological polar surface area (TPSA) is 42.3 Å². The first-order valence-corrected chi connectivity index (χ1v) is 7.98. The molecule has 24 heavy (non-hydrogen) atoms. The molecule has 5 heteroatoms. The van der Waals surface area contributed by atoms with Gasteiger partial charge in [-0.05, 0) is 44.5 Å². The standard InChI is InChI=1S/C19H23FN2O2/c1-19(2,3)22(14-15-7-9-16(20)10-8-15)18(24)11-13-21-12-5-4-6-17(21)23/h4-10,12H,11,13-14H2,1-3H3. The van der Waals surface area contributed by atoms with Crippen LogP contribution in [0.15, 0.2) is 53.5 Å². The third-order valence-corrected chi connectivity index (χ3v) is 3.83. The number of amides is 1. The van der Waals surface area contributed by atoms with Crippen LogP contribution >= 0.6 is 0 Å². The van der Waals surface area contributed by atoms with Gasteiger partial charge in [0, 0.05) is 37.3 Å². The van der Waals surface area contributed by atoms with Gasteiger partial charge in [-0.2, -0.15) is 0 Å². The molecule has 0 radical (unpaired) electrons. The number of carbonyl (C=O) groups excluding carboxylic acids is 1. The van der Waals surface area contributed by atoms with Crippen LogP contribution in [-0.2, 0) is 17.9 Å². The summed E-state index contributed by atoms with van der Waals surface area (Å²) >= 11 is 0. The Morgan fingerprint density at radius 1 is 1.12 bits per heavy atom. The van der Waals surface area contributed by atoms with Gasteiger partial charge in [-0.15, -0.1) is 0 Å². The second-order valence-corrected chi connectivity index (χ2v) is 6.76. The first-order chi connectivity index (χ1) is 11.3. The fraction of sp³-hybridized carbons (Fsp3) is 0.368. The van der Waals surface area contributed by atoms with E-state index in [0.29, 0.717) is 13.1 Å². The van der Waals surface area contributed by atoms with Crippen molar-refractivity contribution in [2.75, 3.05) is 0 Å². The number of aromatic nitrogens is 1. The van der Waals surface area contributed by atoms with E-state index in [9.17, 15) is 14.0 Å². The second kappa shape index (κ2) is 7.43. The molecular formula is C19H23FN2O2. The van der Waals surface area contributed by atoms with Crippen molar-refractivity contribution in [1.29, 1.82) is 0 Å². The molecule has 1 amide bonds. The number of rotatable bonds is 5. The van der Waals surface area contributed by atoms with Crippen molar-refractivity contribution in [1.82, 2.24) is 9.47 Å². The van der Waals surface area contributed by atoms with E-state index in [4.69, 9.17) is 0 Å². The minimum absolute atomic E-state index is 0.0393. The summed E-state index contributed by atoms with van der Waals surface area (Å²) < 4.78 is 14.6. The summed E-state index contributed by atoms with van der Waals surface area (Å²) in [4.78, 5) is 26.2. The smallest absolute Gasteiger partial charge is 0.250 e. The third-order valence-electron chi connectivity index (χ3n) is 3.83. The van der Waals surface area contributed by atoms with Crippen LogP contribution < -0.4 is 5.56 Å². The molecule has 0 N–H and O–H groups in total. The van der Waals surface area contributed by atoms with E-state index in [1.807, 2.05) is 20.8 Å². The average molecular weight is 330 g/mol. The van der Waals surface area contributed by atoms with Gasteiger partial charge in [-0.1, -0.05) is 18.2 Å². The molecule has 0 unspecified atom stereocenters. The highest BCUT2D eigenvalue weighted by molar-refractivity contribution is 5.76. The Morgan fingerprint density at radius 2 is 1.79 bits per heavy atom. The van der Waals surface area contributed by atoms with Gasteiger partial charge >= 0.3 is 0 Å². The molecule has 0 bridgehead atoms. The van der Waals surface area contributed by atoms with Crippen LogP contribution in [0.3, 0.4) is 0 Å². The number of aryl methyl sites for hydroxylation is 1. The van der Waals surface area contributed by atoms with Crippen LogP contribution in [0.25, 0.3) is 0 Å². The minimum Gasteiger partial charge on any atom is -0.333 e. The normalized spacial score (nSPS) is 11.3. The zero-order valence-electron chi connectivity index (χ0n) is 14.3. The van der Waals surface area contributed by atoms with E-state index in [1.165, 1.54) is 22.8 Å². The molecule has 0 aliphatic carbocycles. The van der Waals surface area contributed by atoms with Crippen molar-refractivity contribution >= 4 is 5.91 Å². The number of benzene rings is 1. The van der Waals surface area contributed by atoms with Crippen LogP contribution in [0.2, 0.25) is 0 Å². The molecule has 0 atom stereocenters. The van der Waals surface area contributed by atoms with Crippen molar-refractivity contribution in [3.05, 3.63) is 70.4 Å². The van der Waals surface area contributed by atoms with Crippen LogP contribution in [-0.4, -0.2) is 20.9 Å². The molecule has 0 aliphatic heterocycles. The zero-order chi connectivity index (χ0) is 17.7. The first-order valence-electron chi connectivity index (χ1n) is 7.98. The summed E-state index contributed by atoms with van der Waals surface area (Å²) in [6.07, 6.45) is 1.92. The second-order valence-electron chi connectivity index (χ2n) is 6.76. The van der Waals surface area contributed by atoms with E-state index in [-0.39, 0.29) is 29.2 Å². The number of hydrogen-bond acceptors (Lipinski definition) is 2. The Labute approximate surface area is 141 Å². The van der Waals surface area contributed by atoms with Crippen molar-refractivity contribution in [3.63, 3.8) is 0 Å². The lowest BCUT2D eigenvalue weighted by Crippen LogP contribution is -2.45. The van der Waals surface area contributed by atoms with Gasteiger partial charge in [0.2, 0.25) is 5.91 Å². The molecule has 2 aromatic rings. The monoisotopic (exact) mass is 330 g/mol. The molecule has 0 aliphatic rings. The molecule has 1 heterocycles. The van der Waals surface area contributed by atoms with Gasteiger partial charge in [0.05, 0.1) is 0 Å². The Balaban J connectivity index is 2.10. The molecule has 1 aromatic carbocycles. The molecule has 1 aromatic heterocycles. The number of halogens is 1. The van der Waals surface area contributed by atoms with E-state index in [1.54, 1.807) is 35.4 Å². The summed E-state index contributed by atoms with van der Waals surface area (Å²) in [5.74, 6) is -0.335. The predicted octanol–water partition coefficient (Wildman–Crippen LogP) is 3.20. The summed E-state index contributed by atoms with van der Waals surface area (Å²) in [6, 6.07) is 11.1. The average Bonchev–Trinajstić information content (AvgIpc) is 2.52. The Kier molecular flexibility index (Phi) is 5.54. The summed E-state index contributed by atoms with van der Waals surface area (Å²) in [5, 5.41) is 0. The lowest BCUT2D eigenvalue weighted by atomic mass is 10.0. The SMILES string of the molecule is CC(C)(C)N(Cc1ccc(F)cc1)C(=O)CCn1ccccc1=O.